The van der Waals surface area contributed by atoms with Crippen molar-refractivity contribution in [1.29, 1.82) is 0 Å². The largest absolute Gasteiger partial charge is 0.353 e. The number of para-hydroxylation sites is 1. The van der Waals surface area contributed by atoms with Crippen molar-refractivity contribution in [3.63, 3.8) is 0 Å². The van der Waals surface area contributed by atoms with Gasteiger partial charge in [-0.3, -0.25) is 4.79 Å². The second-order valence-electron chi connectivity index (χ2n) is 4.04. The number of nitrogens with zero attached hydrogens (tertiary/aromatic N) is 1. The lowest BCUT2D eigenvalue weighted by molar-refractivity contribution is 0.0953. The predicted octanol–water partition coefficient (Wildman–Crippen LogP) is 3.39. The van der Waals surface area contributed by atoms with Crippen LogP contribution in [0.15, 0.2) is 55.3 Å². The van der Waals surface area contributed by atoms with Crippen LogP contribution in [0.4, 0.5) is 11.4 Å². The molecular weight excluding hydrogens is 274 g/mol. The Morgan fingerprint density at radius 2 is 2.10 bits per heavy atom. The van der Waals surface area contributed by atoms with Crippen molar-refractivity contribution in [3.8, 4) is 0 Å². The summed E-state index contributed by atoms with van der Waals surface area (Å²) in [6.45, 7) is 3.95. The van der Waals surface area contributed by atoms with E-state index in [4.69, 9.17) is 11.6 Å². The number of halogens is 1. The zero-order chi connectivity index (χ0) is 14.4. The van der Waals surface area contributed by atoms with Gasteiger partial charge in [0.05, 0.1) is 22.6 Å². The third-order valence-electron chi connectivity index (χ3n) is 2.56. The van der Waals surface area contributed by atoms with Crippen LogP contribution in [-0.4, -0.2) is 17.4 Å². The summed E-state index contributed by atoms with van der Waals surface area (Å²) in [7, 11) is 0. The second kappa shape index (κ2) is 6.73. The quantitative estimate of drug-likeness (QED) is 0.829. The summed E-state index contributed by atoms with van der Waals surface area (Å²) in [5, 5.41) is 6.43. The van der Waals surface area contributed by atoms with Gasteiger partial charge in [0, 0.05) is 6.54 Å². The fourth-order valence-corrected chi connectivity index (χ4v) is 1.76. The van der Waals surface area contributed by atoms with Crippen LogP contribution in [0.25, 0.3) is 0 Å². The minimum absolute atomic E-state index is 0.228. The Bertz CT molecular complexity index is 611. The highest BCUT2D eigenvalue weighted by Crippen LogP contribution is 2.24. The van der Waals surface area contributed by atoms with E-state index < -0.39 is 0 Å². The number of carbonyl (C=O) groups excluding carboxylic acids is 1. The number of benzene rings is 1. The Morgan fingerprint density at radius 3 is 2.75 bits per heavy atom. The molecule has 0 atom stereocenters. The SMILES string of the molecule is C=CCNC(=O)c1ccc(Nc2ccccc2Cl)cn1. The van der Waals surface area contributed by atoms with Crippen molar-refractivity contribution >= 4 is 28.9 Å². The Balaban J connectivity index is 2.07. The number of amides is 1. The van der Waals surface area contributed by atoms with Crippen molar-refractivity contribution in [1.82, 2.24) is 10.3 Å². The molecule has 0 aliphatic carbocycles. The fraction of sp³-hybridized carbons (Fsp3) is 0.0667. The molecule has 0 aliphatic rings. The van der Waals surface area contributed by atoms with E-state index in [-0.39, 0.29) is 5.91 Å². The van der Waals surface area contributed by atoms with Crippen LogP contribution in [0.2, 0.25) is 5.02 Å². The first-order valence-electron chi connectivity index (χ1n) is 6.07. The van der Waals surface area contributed by atoms with E-state index in [1.165, 1.54) is 0 Å². The van der Waals surface area contributed by atoms with Crippen molar-refractivity contribution in [2.24, 2.45) is 0 Å². The number of carbonyl (C=O) groups is 1. The Hall–Kier alpha value is -2.33. The summed E-state index contributed by atoms with van der Waals surface area (Å²) in [6.07, 6.45) is 3.21. The maximum Gasteiger partial charge on any atom is 0.270 e. The van der Waals surface area contributed by atoms with Gasteiger partial charge in [-0.1, -0.05) is 29.8 Å². The normalized spacial score (nSPS) is 9.85. The first-order valence-corrected chi connectivity index (χ1v) is 6.45. The van der Waals surface area contributed by atoms with Gasteiger partial charge in [-0.15, -0.1) is 6.58 Å². The molecule has 0 radical (unpaired) electrons. The summed E-state index contributed by atoms with van der Waals surface area (Å²) in [5.41, 5.74) is 1.91. The lowest BCUT2D eigenvalue weighted by atomic mass is 10.3. The van der Waals surface area contributed by atoms with Crippen LogP contribution in [-0.2, 0) is 0 Å². The molecule has 0 fully saturated rings. The number of rotatable bonds is 5. The van der Waals surface area contributed by atoms with Gasteiger partial charge in [0.25, 0.3) is 5.91 Å². The first kappa shape index (κ1) is 14.1. The molecule has 20 heavy (non-hydrogen) atoms. The summed E-state index contributed by atoms with van der Waals surface area (Å²) < 4.78 is 0. The minimum Gasteiger partial charge on any atom is -0.353 e. The molecule has 2 aromatic rings. The number of aromatic nitrogens is 1. The van der Waals surface area contributed by atoms with Gasteiger partial charge in [0.2, 0.25) is 0 Å². The molecule has 5 heteroatoms. The van der Waals surface area contributed by atoms with Gasteiger partial charge in [-0.2, -0.15) is 0 Å². The molecule has 1 heterocycles. The minimum atomic E-state index is -0.228. The maximum absolute atomic E-state index is 11.7. The van der Waals surface area contributed by atoms with E-state index in [0.29, 0.717) is 17.3 Å². The Morgan fingerprint density at radius 1 is 1.30 bits per heavy atom. The number of hydrogen-bond acceptors (Lipinski definition) is 3. The zero-order valence-electron chi connectivity index (χ0n) is 10.8. The van der Waals surface area contributed by atoms with Crippen molar-refractivity contribution in [2.75, 3.05) is 11.9 Å². The summed E-state index contributed by atoms with van der Waals surface area (Å²) in [5.74, 6) is -0.228. The van der Waals surface area contributed by atoms with Gasteiger partial charge in [0.15, 0.2) is 0 Å². The molecule has 0 bridgehead atoms. The van der Waals surface area contributed by atoms with E-state index in [1.807, 2.05) is 18.2 Å². The maximum atomic E-state index is 11.7. The molecule has 2 rings (SSSR count). The lowest BCUT2D eigenvalue weighted by Gasteiger charge is -2.08. The van der Waals surface area contributed by atoms with Gasteiger partial charge in [-0.25, -0.2) is 4.98 Å². The average molecular weight is 288 g/mol. The molecule has 102 valence electrons. The van der Waals surface area contributed by atoms with Crippen LogP contribution in [0.1, 0.15) is 10.5 Å². The van der Waals surface area contributed by atoms with E-state index >= 15 is 0 Å². The molecule has 4 nitrogen and oxygen atoms in total. The van der Waals surface area contributed by atoms with Crippen LogP contribution >= 0.6 is 11.6 Å². The molecule has 0 spiro atoms. The van der Waals surface area contributed by atoms with Crippen LogP contribution in [0.5, 0.6) is 0 Å². The zero-order valence-corrected chi connectivity index (χ0v) is 11.5. The number of nitrogens with one attached hydrogen (secondary N) is 2. The summed E-state index contributed by atoms with van der Waals surface area (Å²) in [6, 6.07) is 10.8. The monoisotopic (exact) mass is 287 g/mol. The van der Waals surface area contributed by atoms with Crippen molar-refractivity contribution in [2.45, 2.75) is 0 Å². The van der Waals surface area contributed by atoms with Crippen molar-refractivity contribution in [3.05, 3.63) is 66.0 Å². The highest BCUT2D eigenvalue weighted by atomic mass is 35.5. The van der Waals surface area contributed by atoms with Crippen LogP contribution < -0.4 is 10.6 Å². The van der Waals surface area contributed by atoms with Gasteiger partial charge in [-0.05, 0) is 24.3 Å². The van der Waals surface area contributed by atoms with Crippen LogP contribution in [0, 0.1) is 0 Å². The molecule has 1 aromatic carbocycles. The fourth-order valence-electron chi connectivity index (χ4n) is 1.58. The molecule has 0 saturated heterocycles. The summed E-state index contributed by atoms with van der Waals surface area (Å²) in [4.78, 5) is 15.8. The topological polar surface area (TPSA) is 54.0 Å². The van der Waals surface area contributed by atoms with Gasteiger partial charge < -0.3 is 10.6 Å². The third kappa shape index (κ3) is 3.59. The molecule has 2 N–H and O–H groups in total. The average Bonchev–Trinajstić information content (AvgIpc) is 2.48. The number of anilines is 2. The molecule has 0 unspecified atom stereocenters. The Labute approximate surface area is 122 Å². The van der Waals surface area contributed by atoms with E-state index in [0.717, 1.165) is 11.4 Å². The first-order chi connectivity index (χ1) is 9.70. The van der Waals surface area contributed by atoms with Crippen LogP contribution in [0.3, 0.4) is 0 Å². The van der Waals surface area contributed by atoms with Crippen molar-refractivity contribution < 1.29 is 4.79 Å². The molecule has 0 saturated carbocycles. The number of pyridine rings is 1. The molecule has 0 aliphatic heterocycles. The van der Waals surface area contributed by atoms with Gasteiger partial charge in [0.1, 0.15) is 5.69 Å². The third-order valence-corrected chi connectivity index (χ3v) is 2.89. The molecular formula is C15H14ClN3O. The second-order valence-corrected chi connectivity index (χ2v) is 4.44. The highest BCUT2D eigenvalue weighted by molar-refractivity contribution is 6.33. The molecule has 1 aromatic heterocycles. The summed E-state index contributed by atoms with van der Waals surface area (Å²) >= 11 is 6.06. The molecule has 1 amide bonds. The Kier molecular flexibility index (Phi) is 4.74. The lowest BCUT2D eigenvalue weighted by Crippen LogP contribution is -2.24. The predicted molar refractivity (Wildman–Crippen MR) is 81.5 cm³/mol. The highest BCUT2D eigenvalue weighted by Gasteiger charge is 2.06. The number of hydrogen-bond donors (Lipinski definition) is 2. The smallest absolute Gasteiger partial charge is 0.270 e. The van der Waals surface area contributed by atoms with Gasteiger partial charge >= 0.3 is 0 Å². The standard InChI is InChI=1S/C15H14ClN3O/c1-2-9-17-15(20)14-8-7-11(10-18-14)19-13-6-4-3-5-12(13)16/h2-8,10,19H,1,9H2,(H,17,20). The van der Waals surface area contributed by atoms with E-state index in [9.17, 15) is 4.79 Å². The van der Waals surface area contributed by atoms with E-state index in [1.54, 1.807) is 30.5 Å². The van der Waals surface area contributed by atoms with E-state index in [2.05, 4.69) is 22.2 Å².